The Morgan fingerprint density at radius 3 is 1.57 bits per heavy atom. The van der Waals surface area contributed by atoms with E-state index in [9.17, 15) is 0 Å². The Balaban J connectivity index is 0.000000364. The quantitative estimate of drug-likeness (QED) is 0.683. The zero-order chi connectivity index (χ0) is 11.2. The summed E-state index contributed by atoms with van der Waals surface area (Å²) in [7, 11) is 0. The molecule has 0 aliphatic carbocycles. The minimum Gasteiger partial charge on any atom is -0.396 e. The standard InChI is InChI=1S/C9H19N.C3H8O/c1-8(2)6-5-7-9(3,4)10-8;1-2-3-4/h10H,5-7H2,1-4H3;4H,2-3H2,1H3. The van der Waals surface area contributed by atoms with Crippen LogP contribution in [0.25, 0.3) is 0 Å². The third-order valence-electron chi connectivity index (χ3n) is 2.50. The Morgan fingerprint density at radius 2 is 1.43 bits per heavy atom. The zero-order valence-corrected chi connectivity index (χ0v) is 10.5. The van der Waals surface area contributed by atoms with Crippen molar-refractivity contribution in [2.45, 2.75) is 71.4 Å². The Kier molecular flexibility index (Phi) is 5.68. The van der Waals surface area contributed by atoms with Crippen LogP contribution in [0.4, 0.5) is 0 Å². The van der Waals surface area contributed by atoms with Crippen LogP contribution in [0.1, 0.15) is 60.3 Å². The van der Waals surface area contributed by atoms with Crippen LogP contribution in [0.3, 0.4) is 0 Å². The van der Waals surface area contributed by atoms with Crippen molar-refractivity contribution in [3.8, 4) is 0 Å². The number of nitrogens with one attached hydrogen (secondary N) is 1. The number of aliphatic hydroxyl groups excluding tert-OH is 1. The smallest absolute Gasteiger partial charge is 0.0428 e. The average Bonchev–Trinajstić information content (AvgIpc) is 2.00. The van der Waals surface area contributed by atoms with Gasteiger partial charge in [0.05, 0.1) is 0 Å². The molecular weight excluding hydrogens is 174 g/mol. The minimum atomic E-state index is 0.319. The van der Waals surface area contributed by atoms with E-state index >= 15 is 0 Å². The first-order valence-electron chi connectivity index (χ1n) is 5.73. The monoisotopic (exact) mass is 201 g/mol. The van der Waals surface area contributed by atoms with Crippen molar-refractivity contribution in [2.24, 2.45) is 0 Å². The molecule has 2 nitrogen and oxygen atoms in total. The van der Waals surface area contributed by atoms with Crippen LogP contribution in [0.15, 0.2) is 0 Å². The van der Waals surface area contributed by atoms with Gasteiger partial charge in [0, 0.05) is 17.7 Å². The normalized spacial score (nSPS) is 23.6. The molecule has 0 aromatic heterocycles. The number of rotatable bonds is 1. The molecule has 1 fully saturated rings. The van der Waals surface area contributed by atoms with E-state index in [0.29, 0.717) is 17.7 Å². The van der Waals surface area contributed by atoms with Gasteiger partial charge in [-0.2, -0.15) is 0 Å². The van der Waals surface area contributed by atoms with E-state index < -0.39 is 0 Å². The van der Waals surface area contributed by atoms with Crippen LogP contribution in [0, 0.1) is 0 Å². The summed E-state index contributed by atoms with van der Waals surface area (Å²) in [6.07, 6.45) is 4.87. The van der Waals surface area contributed by atoms with E-state index in [4.69, 9.17) is 5.11 Å². The largest absolute Gasteiger partial charge is 0.396 e. The molecule has 2 heteroatoms. The number of hydrogen-bond acceptors (Lipinski definition) is 2. The molecule has 1 heterocycles. The van der Waals surface area contributed by atoms with E-state index in [1.165, 1.54) is 19.3 Å². The van der Waals surface area contributed by atoms with Gasteiger partial charge in [0.15, 0.2) is 0 Å². The highest BCUT2D eigenvalue weighted by atomic mass is 16.2. The lowest BCUT2D eigenvalue weighted by molar-refractivity contribution is 0.183. The molecule has 1 aliphatic heterocycles. The highest BCUT2D eigenvalue weighted by Gasteiger charge is 2.31. The fourth-order valence-electron chi connectivity index (χ4n) is 2.01. The first-order chi connectivity index (χ1) is 6.33. The third-order valence-corrected chi connectivity index (χ3v) is 2.50. The molecule has 0 aromatic carbocycles. The molecule has 1 aliphatic rings. The van der Waals surface area contributed by atoms with Crippen LogP contribution in [-0.2, 0) is 0 Å². The van der Waals surface area contributed by atoms with Crippen molar-refractivity contribution in [3.63, 3.8) is 0 Å². The average molecular weight is 201 g/mol. The summed E-state index contributed by atoms with van der Waals surface area (Å²) >= 11 is 0. The zero-order valence-electron chi connectivity index (χ0n) is 10.5. The maximum absolute atomic E-state index is 7.88. The van der Waals surface area contributed by atoms with Crippen molar-refractivity contribution in [1.82, 2.24) is 5.32 Å². The minimum absolute atomic E-state index is 0.319. The second-order valence-corrected chi connectivity index (χ2v) is 5.47. The van der Waals surface area contributed by atoms with Crippen LogP contribution >= 0.6 is 0 Å². The molecule has 0 aromatic rings. The van der Waals surface area contributed by atoms with Gasteiger partial charge in [-0.3, -0.25) is 0 Å². The van der Waals surface area contributed by atoms with E-state index in [-0.39, 0.29) is 0 Å². The summed E-state index contributed by atoms with van der Waals surface area (Å²) in [6.45, 7) is 11.4. The van der Waals surface area contributed by atoms with E-state index in [1.807, 2.05) is 6.92 Å². The van der Waals surface area contributed by atoms with E-state index in [1.54, 1.807) is 0 Å². The molecule has 0 atom stereocenters. The van der Waals surface area contributed by atoms with Crippen LogP contribution < -0.4 is 5.32 Å². The predicted molar refractivity (Wildman–Crippen MR) is 62.5 cm³/mol. The summed E-state index contributed by atoms with van der Waals surface area (Å²) in [5.41, 5.74) is 0.726. The molecule has 0 amide bonds. The molecule has 0 radical (unpaired) electrons. The highest BCUT2D eigenvalue weighted by molar-refractivity contribution is 4.92. The van der Waals surface area contributed by atoms with Gasteiger partial charge in [-0.05, 0) is 53.4 Å². The fourth-order valence-corrected chi connectivity index (χ4v) is 2.01. The number of hydrogen-bond donors (Lipinski definition) is 2. The van der Waals surface area contributed by atoms with Gasteiger partial charge in [-0.25, -0.2) is 0 Å². The predicted octanol–water partition coefficient (Wildman–Crippen LogP) is 2.71. The van der Waals surface area contributed by atoms with Crippen molar-refractivity contribution in [3.05, 3.63) is 0 Å². The molecule has 2 N–H and O–H groups in total. The van der Waals surface area contributed by atoms with E-state index in [0.717, 1.165) is 6.42 Å². The van der Waals surface area contributed by atoms with Crippen molar-refractivity contribution < 1.29 is 5.11 Å². The Bertz CT molecular complexity index is 136. The van der Waals surface area contributed by atoms with Gasteiger partial charge in [-0.1, -0.05) is 6.92 Å². The second kappa shape index (κ2) is 5.72. The Morgan fingerprint density at radius 1 is 1.07 bits per heavy atom. The summed E-state index contributed by atoms with van der Waals surface area (Å²) in [4.78, 5) is 0. The molecule has 86 valence electrons. The van der Waals surface area contributed by atoms with Gasteiger partial charge < -0.3 is 10.4 Å². The van der Waals surface area contributed by atoms with Crippen LogP contribution in [0.5, 0.6) is 0 Å². The number of piperidine rings is 1. The summed E-state index contributed by atoms with van der Waals surface area (Å²) < 4.78 is 0. The lowest BCUT2D eigenvalue weighted by Gasteiger charge is -2.42. The Labute approximate surface area is 89.1 Å². The maximum atomic E-state index is 7.88. The molecule has 1 rings (SSSR count). The molecule has 0 spiro atoms. The third kappa shape index (κ3) is 6.39. The molecule has 1 saturated heterocycles. The first-order valence-corrected chi connectivity index (χ1v) is 5.73. The van der Waals surface area contributed by atoms with Gasteiger partial charge in [0.2, 0.25) is 0 Å². The molecule has 0 bridgehead atoms. The van der Waals surface area contributed by atoms with Crippen molar-refractivity contribution in [2.75, 3.05) is 6.61 Å². The number of aliphatic hydroxyl groups is 1. The van der Waals surface area contributed by atoms with Gasteiger partial charge in [0.1, 0.15) is 0 Å². The summed E-state index contributed by atoms with van der Waals surface area (Å²) in [5, 5.41) is 11.5. The Hall–Kier alpha value is -0.0800. The topological polar surface area (TPSA) is 32.3 Å². The van der Waals surface area contributed by atoms with Gasteiger partial charge >= 0.3 is 0 Å². The highest BCUT2D eigenvalue weighted by Crippen LogP contribution is 2.27. The SMILES string of the molecule is CC1(C)CCCC(C)(C)N1.CCCO. The lowest BCUT2D eigenvalue weighted by atomic mass is 9.83. The summed E-state index contributed by atoms with van der Waals surface area (Å²) in [6, 6.07) is 0. The molecule has 0 saturated carbocycles. The van der Waals surface area contributed by atoms with Gasteiger partial charge in [-0.15, -0.1) is 0 Å². The van der Waals surface area contributed by atoms with Gasteiger partial charge in [0.25, 0.3) is 0 Å². The van der Waals surface area contributed by atoms with E-state index in [2.05, 4.69) is 33.0 Å². The van der Waals surface area contributed by atoms with Crippen molar-refractivity contribution >= 4 is 0 Å². The summed E-state index contributed by atoms with van der Waals surface area (Å²) in [5.74, 6) is 0. The van der Waals surface area contributed by atoms with Crippen LogP contribution in [0.2, 0.25) is 0 Å². The molecule has 0 unspecified atom stereocenters. The molecule has 14 heavy (non-hydrogen) atoms. The lowest BCUT2D eigenvalue weighted by Crippen LogP contribution is -2.55. The molecular formula is C12H27NO. The second-order valence-electron chi connectivity index (χ2n) is 5.47. The fraction of sp³-hybridized carbons (Fsp3) is 1.00. The maximum Gasteiger partial charge on any atom is 0.0428 e. The first kappa shape index (κ1) is 13.9. The van der Waals surface area contributed by atoms with Crippen LogP contribution in [-0.4, -0.2) is 22.8 Å². The van der Waals surface area contributed by atoms with Crippen molar-refractivity contribution in [1.29, 1.82) is 0 Å².